The summed E-state index contributed by atoms with van der Waals surface area (Å²) in [6, 6.07) is 10.1. The second-order valence-corrected chi connectivity index (χ2v) is 7.73. The van der Waals surface area contributed by atoms with Gasteiger partial charge in [0, 0.05) is 12.6 Å². The topological polar surface area (TPSA) is 49.4 Å². The molecule has 0 spiro atoms. The van der Waals surface area contributed by atoms with Crippen LogP contribution in [0, 0.1) is 5.82 Å². The van der Waals surface area contributed by atoms with Crippen LogP contribution < -0.4 is 5.32 Å². The number of carbonyl (C=O) groups is 2. The molecule has 0 aromatic heterocycles. The summed E-state index contributed by atoms with van der Waals surface area (Å²) in [7, 11) is 0. The van der Waals surface area contributed by atoms with E-state index < -0.39 is 6.04 Å². The number of benzene rings is 2. The first-order chi connectivity index (χ1) is 13.2. The van der Waals surface area contributed by atoms with Crippen molar-refractivity contribution in [2.75, 3.05) is 0 Å². The molecule has 4 nitrogen and oxygen atoms in total. The van der Waals surface area contributed by atoms with Crippen molar-refractivity contribution >= 4 is 35.0 Å². The van der Waals surface area contributed by atoms with Gasteiger partial charge in [0.2, 0.25) is 11.8 Å². The highest BCUT2D eigenvalue weighted by Gasteiger charge is 2.26. The van der Waals surface area contributed by atoms with E-state index in [1.165, 1.54) is 17.0 Å². The van der Waals surface area contributed by atoms with E-state index in [4.69, 9.17) is 23.2 Å². The molecule has 28 heavy (non-hydrogen) atoms. The molecule has 0 saturated carbocycles. The van der Waals surface area contributed by atoms with Crippen LogP contribution >= 0.6 is 23.2 Å². The van der Waals surface area contributed by atoms with Gasteiger partial charge in [0.05, 0.1) is 16.5 Å². The Labute approximate surface area is 174 Å². The fourth-order valence-corrected chi connectivity index (χ4v) is 3.02. The number of rotatable bonds is 7. The van der Waals surface area contributed by atoms with Crippen LogP contribution in [0.25, 0.3) is 0 Å². The number of nitrogens with zero attached hydrogens (tertiary/aromatic N) is 1. The largest absolute Gasteiger partial charge is 0.352 e. The summed E-state index contributed by atoms with van der Waals surface area (Å²) >= 11 is 12.0. The summed E-state index contributed by atoms with van der Waals surface area (Å²) in [6.45, 7) is 5.57. The van der Waals surface area contributed by atoms with E-state index in [1.54, 1.807) is 37.3 Å². The maximum atomic E-state index is 13.2. The summed E-state index contributed by atoms with van der Waals surface area (Å²) in [6.07, 6.45) is 0.0668. The fourth-order valence-electron chi connectivity index (χ4n) is 2.70. The van der Waals surface area contributed by atoms with Gasteiger partial charge >= 0.3 is 0 Å². The standard InChI is InChI=1S/C21H23Cl2FN2O2/c1-13(2)25-21(28)14(3)26(12-15-4-7-17(24)8-5-15)20(27)11-16-6-9-18(22)19(23)10-16/h4-10,13-14H,11-12H2,1-3H3,(H,25,28). The third-order valence-corrected chi connectivity index (χ3v) is 4.94. The Kier molecular flexibility index (Phi) is 7.84. The average molecular weight is 425 g/mol. The molecular formula is C21H23Cl2FN2O2. The van der Waals surface area contributed by atoms with Crippen molar-refractivity contribution in [3.05, 3.63) is 69.5 Å². The second-order valence-electron chi connectivity index (χ2n) is 6.91. The Bertz CT molecular complexity index is 841. The molecule has 2 amide bonds. The number of halogens is 3. The van der Waals surface area contributed by atoms with Gasteiger partial charge in [-0.2, -0.15) is 0 Å². The minimum Gasteiger partial charge on any atom is -0.352 e. The molecule has 1 atom stereocenters. The lowest BCUT2D eigenvalue weighted by molar-refractivity contribution is -0.140. The number of nitrogens with one attached hydrogen (secondary N) is 1. The van der Waals surface area contributed by atoms with Gasteiger partial charge in [0.1, 0.15) is 11.9 Å². The molecule has 7 heteroatoms. The van der Waals surface area contributed by atoms with Gasteiger partial charge in [-0.05, 0) is 56.2 Å². The van der Waals surface area contributed by atoms with E-state index in [2.05, 4.69) is 5.32 Å². The van der Waals surface area contributed by atoms with Gasteiger partial charge in [0.25, 0.3) is 0 Å². The van der Waals surface area contributed by atoms with Crippen molar-refractivity contribution in [3.63, 3.8) is 0 Å². The van der Waals surface area contributed by atoms with Gasteiger partial charge < -0.3 is 10.2 Å². The Balaban J connectivity index is 2.24. The van der Waals surface area contributed by atoms with Crippen LogP contribution in [0.2, 0.25) is 10.0 Å². The van der Waals surface area contributed by atoms with Crippen LogP contribution in [-0.4, -0.2) is 28.8 Å². The van der Waals surface area contributed by atoms with Gasteiger partial charge in [0.15, 0.2) is 0 Å². The molecule has 150 valence electrons. The monoisotopic (exact) mass is 424 g/mol. The predicted molar refractivity (Wildman–Crippen MR) is 110 cm³/mol. The third kappa shape index (κ3) is 6.21. The molecule has 2 aromatic carbocycles. The highest BCUT2D eigenvalue weighted by atomic mass is 35.5. The van der Waals surface area contributed by atoms with Crippen LogP contribution in [-0.2, 0) is 22.6 Å². The SMILES string of the molecule is CC(C)NC(=O)C(C)N(Cc1ccc(F)cc1)C(=O)Cc1ccc(Cl)c(Cl)c1. The van der Waals surface area contributed by atoms with Crippen molar-refractivity contribution in [3.8, 4) is 0 Å². The molecule has 0 fully saturated rings. The first kappa shape index (κ1) is 22.2. The van der Waals surface area contributed by atoms with Crippen molar-refractivity contribution in [2.24, 2.45) is 0 Å². The summed E-state index contributed by atoms with van der Waals surface area (Å²) in [4.78, 5) is 27.0. The smallest absolute Gasteiger partial charge is 0.242 e. The van der Waals surface area contributed by atoms with Crippen molar-refractivity contribution in [2.45, 2.75) is 45.8 Å². The number of hydrogen-bond donors (Lipinski definition) is 1. The first-order valence-corrected chi connectivity index (χ1v) is 9.71. The molecule has 1 N–H and O–H groups in total. The Hall–Kier alpha value is -2.11. The van der Waals surface area contributed by atoms with Crippen molar-refractivity contribution in [1.82, 2.24) is 10.2 Å². The van der Waals surface area contributed by atoms with E-state index in [0.717, 1.165) is 5.56 Å². The van der Waals surface area contributed by atoms with Crippen molar-refractivity contribution in [1.29, 1.82) is 0 Å². The summed E-state index contributed by atoms with van der Waals surface area (Å²) in [5.74, 6) is -0.850. The van der Waals surface area contributed by atoms with E-state index in [9.17, 15) is 14.0 Å². The minimum atomic E-state index is -0.692. The molecule has 1 unspecified atom stereocenters. The molecule has 2 aromatic rings. The van der Waals surface area contributed by atoms with E-state index in [0.29, 0.717) is 15.6 Å². The minimum absolute atomic E-state index is 0.0483. The van der Waals surface area contributed by atoms with E-state index in [1.807, 2.05) is 13.8 Å². The zero-order valence-electron chi connectivity index (χ0n) is 16.0. The molecular weight excluding hydrogens is 402 g/mol. The van der Waals surface area contributed by atoms with Gasteiger partial charge in [-0.1, -0.05) is 41.4 Å². The maximum Gasteiger partial charge on any atom is 0.242 e. The first-order valence-electron chi connectivity index (χ1n) is 8.95. The lowest BCUT2D eigenvalue weighted by atomic mass is 10.1. The number of amides is 2. The summed E-state index contributed by atoms with van der Waals surface area (Å²) < 4.78 is 13.2. The number of carbonyl (C=O) groups excluding carboxylic acids is 2. The lowest BCUT2D eigenvalue weighted by Crippen LogP contribution is -2.49. The van der Waals surface area contributed by atoms with Gasteiger partial charge in [-0.3, -0.25) is 9.59 Å². The normalized spacial score (nSPS) is 12.0. The summed E-state index contributed by atoms with van der Waals surface area (Å²) in [5.41, 5.74) is 1.42. The molecule has 0 aliphatic heterocycles. The zero-order chi connectivity index (χ0) is 20.8. The van der Waals surface area contributed by atoms with Crippen LogP contribution in [0.1, 0.15) is 31.9 Å². The van der Waals surface area contributed by atoms with Crippen LogP contribution in [0.3, 0.4) is 0 Å². The second kappa shape index (κ2) is 9.89. The lowest BCUT2D eigenvalue weighted by Gasteiger charge is -2.29. The van der Waals surface area contributed by atoms with Gasteiger partial charge in [-0.15, -0.1) is 0 Å². The quantitative estimate of drug-likeness (QED) is 0.704. The molecule has 0 aliphatic carbocycles. The highest BCUT2D eigenvalue weighted by Crippen LogP contribution is 2.23. The van der Waals surface area contributed by atoms with Crippen molar-refractivity contribution < 1.29 is 14.0 Å². The molecule has 0 saturated heterocycles. The third-order valence-electron chi connectivity index (χ3n) is 4.20. The van der Waals surface area contributed by atoms with Crippen LogP contribution in [0.15, 0.2) is 42.5 Å². The molecule has 0 aliphatic rings. The van der Waals surface area contributed by atoms with Gasteiger partial charge in [-0.25, -0.2) is 4.39 Å². The number of hydrogen-bond acceptors (Lipinski definition) is 2. The fraction of sp³-hybridized carbons (Fsp3) is 0.333. The van der Waals surface area contributed by atoms with Crippen LogP contribution in [0.5, 0.6) is 0 Å². The maximum absolute atomic E-state index is 13.2. The Morgan fingerprint density at radius 1 is 1.00 bits per heavy atom. The zero-order valence-corrected chi connectivity index (χ0v) is 17.5. The molecule has 0 heterocycles. The molecule has 2 rings (SSSR count). The molecule has 0 radical (unpaired) electrons. The van der Waals surface area contributed by atoms with E-state index >= 15 is 0 Å². The van der Waals surface area contributed by atoms with Crippen LogP contribution in [0.4, 0.5) is 4.39 Å². The Morgan fingerprint density at radius 3 is 2.18 bits per heavy atom. The van der Waals surface area contributed by atoms with E-state index in [-0.39, 0.29) is 36.6 Å². The average Bonchev–Trinajstić information content (AvgIpc) is 2.63. The Morgan fingerprint density at radius 2 is 1.61 bits per heavy atom. The molecule has 0 bridgehead atoms. The summed E-state index contributed by atoms with van der Waals surface area (Å²) in [5, 5.41) is 3.59. The predicted octanol–water partition coefficient (Wildman–Crippen LogP) is 4.62. The highest BCUT2D eigenvalue weighted by molar-refractivity contribution is 6.42.